The Hall–Kier alpha value is -3.64. The van der Waals surface area contributed by atoms with Crippen LogP contribution < -0.4 is 15.6 Å². The SMILES string of the molecule is O=C(NNCc1cc(F)ccc1F)[C@@]1(Cc2ccccc2Br)N=C(c2ccc(OCCCO)cc2)O[C@H]1c1ccccc1Br. The maximum Gasteiger partial charge on any atom is 0.266 e. The van der Waals surface area contributed by atoms with E-state index in [-0.39, 0.29) is 31.0 Å². The number of amides is 1. The van der Waals surface area contributed by atoms with E-state index in [4.69, 9.17) is 19.6 Å². The van der Waals surface area contributed by atoms with Gasteiger partial charge in [0.1, 0.15) is 17.4 Å². The first-order valence-electron chi connectivity index (χ1n) is 13.9. The van der Waals surface area contributed by atoms with Crippen LogP contribution in [0.2, 0.25) is 0 Å². The molecule has 1 amide bonds. The second-order valence-electron chi connectivity index (χ2n) is 10.1. The van der Waals surface area contributed by atoms with Crippen LogP contribution in [0.5, 0.6) is 5.75 Å². The van der Waals surface area contributed by atoms with Crippen molar-refractivity contribution < 1.29 is 28.2 Å². The number of halogens is 4. The van der Waals surface area contributed by atoms with E-state index in [1.165, 1.54) is 0 Å². The summed E-state index contributed by atoms with van der Waals surface area (Å²) in [5, 5.41) is 9.03. The van der Waals surface area contributed by atoms with Gasteiger partial charge in [0, 0.05) is 51.6 Å². The molecule has 228 valence electrons. The summed E-state index contributed by atoms with van der Waals surface area (Å²) in [6.07, 6.45) is -0.209. The molecule has 0 unspecified atom stereocenters. The van der Waals surface area contributed by atoms with Crippen LogP contribution in [0.15, 0.2) is 105 Å². The minimum atomic E-state index is -1.52. The summed E-state index contributed by atoms with van der Waals surface area (Å²) in [6.45, 7) is 0.251. The number of aliphatic hydroxyl groups is 1. The fourth-order valence-electron chi connectivity index (χ4n) is 4.89. The zero-order valence-corrected chi connectivity index (χ0v) is 26.6. The van der Waals surface area contributed by atoms with E-state index >= 15 is 0 Å². The van der Waals surface area contributed by atoms with E-state index in [0.29, 0.717) is 29.9 Å². The highest BCUT2D eigenvalue weighted by molar-refractivity contribution is 9.10. The van der Waals surface area contributed by atoms with Gasteiger partial charge in [-0.1, -0.05) is 68.3 Å². The molecule has 1 aliphatic heterocycles. The third-order valence-electron chi connectivity index (χ3n) is 7.12. The molecule has 0 radical (unpaired) electrons. The predicted molar refractivity (Wildman–Crippen MR) is 170 cm³/mol. The Bertz CT molecular complexity index is 1650. The molecule has 0 aromatic heterocycles. The number of aliphatic imine (C=N–C) groups is 1. The summed E-state index contributed by atoms with van der Waals surface area (Å²) in [4.78, 5) is 19.3. The Morgan fingerprint density at radius 3 is 2.41 bits per heavy atom. The van der Waals surface area contributed by atoms with Gasteiger partial charge < -0.3 is 14.6 Å². The van der Waals surface area contributed by atoms with Gasteiger partial charge in [0.15, 0.2) is 11.6 Å². The second kappa shape index (κ2) is 14.4. The van der Waals surface area contributed by atoms with Gasteiger partial charge in [-0.25, -0.2) is 19.2 Å². The quantitative estimate of drug-likeness (QED) is 0.113. The van der Waals surface area contributed by atoms with Gasteiger partial charge >= 0.3 is 0 Å². The molecule has 7 nitrogen and oxygen atoms in total. The number of benzene rings is 4. The normalized spacial score (nSPS) is 17.6. The Balaban J connectivity index is 1.54. The molecule has 3 N–H and O–H groups in total. The van der Waals surface area contributed by atoms with Crippen LogP contribution in [-0.4, -0.2) is 35.7 Å². The predicted octanol–water partition coefficient (Wildman–Crippen LogP) is 6.57. The van der Waals surface area contributed by atoms with Gasteiger partial charge in [0.2, 0.25) is 5.90 Å². The number of hydrazine groups is 1. The zero-order valence-electron chi connectivity index (χ0n) is 23.4. The third kappa shape index (κ3) is 7.18. The lowest BCUT2D eigenvalue weighted by Gasteiger charge is -2.31. The lowest BCUT2D eigenvalue weighted by Crippen LogP contribution is -2.53. The fourth-order valence-corrected chi connectivity index (χ4v) is 5.80. The van der Waals surface area contributed by atoms with E-state index in [9.17, 15) is 13.6 Å². The van der Waals surface area contributed by atoms with Crippen molar-refractivity contribution in [2.75, 3.05) is 13.2 Å². The van der Waals surface area contributed by atoms with Crippen LogP contribution in [0.4, 0.5) is 8.78 Å². The minimum absolute atomic E-state index is 0.0346. The van der Waals surface area contributed by atoms with Crippen LogP contribution in [0.3, 0.4) is 0 Å². The first-order valence-corrected chi connectivity index (χ1v) is 15.4. The number of carbonyl (C=O) groups is 1. The highest BCUT2D eigenvalue weighted by atomic mass is 79.9. The lowest BCUT2D eigenvalue weighted by molar-refractivity contribution is -0.130. The van der Waals surface area contributed by atoms with Gasteiger partial charge in [-0.15, -0.1) is 0 Å². The van der Waals surface area contributed by atoms with Gasteiger partial charge in [-0.3, -0.25) is 10.2 Å². The molecular formula is C33H29Br2F2N3O4. The van der Waals surface area contributed by atoms with Gasteiger partial charge in [0.25, 0.3) is 5.91 Å². The molecule has 5 rings (SSSR count). The lowest BCUT2D eigenvalue weighted by atomic mass is 9.82. The summed E-state index contributed by atoms with van der Waals surface area (Å²) in [5.74, 6) is -0.836. The number of ether oxygens (including phenoxy) is 2. The topological polar surface area (TPSA) is 92.2 Å². The van der Waals surface area contributed by atoms with Gasteiger partial charge in [0.05, 0.1) is 6.61 Å². The first-order chi connectivity index (χ1) is 21.3. The number of hydrogen-bond acceptors (Lipinski definition) is 6. The molecule has 1 heterocycles. The Kier molecular flexibility index (Phi) is 10.4. The molecule has 44 heavy (non-hydrogen) atoms. The number of hydrogen-bond donors (Lipinski definition) is 3. The van der Waals surface area contributed by atoms with E-state index in [0.717, 1.165) is 32.7 Å². The standard InChI is InChI=1S/C33H29Br2F2N3O4/c34-27-8-3-1-6-22(27)19-33(32(42)40-38-20-23-18-24(36)12-15-29(23)37)30(26-7-2-4-9-28(26)35)44-31(39-33)21-10-13-25(14-11-21)43-17-5-16-41/h1-4,6-15,18,30,38,41H,5,16-17,19-20H2,(H,40,42)/t30-,33-/m0/s1. The van der Waals surface area contributed by atoms with Gasteiger partial charge in [-0.2, -0.15) is 0 Å². The van der Waals surface area contributed by atoms with E-state index in [1.807, 2.05) is 48.5 Å². The largest absolute Gasteiger partial charge is 0.494 e. The van der Waals surface area contributed by atoms with Crippen molar-refractivity contribution >= 4 is 43.7 Å². The van der Waals surface area contributed by atoms with E-state index < -0.39 is 29.2 Å². The number of carbonyl (C=O) groups excluding carboxylic acids is 1. The van der Waals surface area contributed by atoms with Crippen molar-refractivity contribution in [1.82, 2.24) is 10.9 Å². The molecule has 0 aliphatic carbocycles. The monoisotopic (exact) mass is 727 g/mol. The third-order valence-corrected chi connectivity index (χ3v) is 8.62. The Labute approximate surface area is 270 Å². The molecule has 4 aromatic carbocycles. The minimum Gasteiger partial charge on any atom is -0.494 e. The maximum absolute atomic E-state index is 14.3. The van der Waals surface area contributed by atoms with Gasteiger partial charge in [-0.05, 0) is 60.2 Å². The average Bonchev–Trinajstić information content (AvgIpc) is 3.41. The number of nitrogens with zero attached hydrogens (tertiary/aromatic N) is 1. The van der Waals surface area contributed by atoms with Crippen molar-refractivity contribution in [2.45, 2.75) is 31.0 Å². The Morgan fingerprint density at radius 2 is 1.68 bits per heavy atom. The van der Waals surface area contributed by atoms with Crippen LogP contribution in [-0.2, 0) is 22.5 Å². The first kappa shape index (κ1) is 31.8. The maximum atomic E-state index is 14.3. The fraction of sp³-hybridized carbons (Fsp3) is 0.212. The summed E-state index contributed by atoms with van der Waals surface area (Å²) in [5.41, 5.74) is 6.14. The summed E-state index contributed by atoms with van der Waals surface area (Å²) >= 11 is 7.23. The van der Waals surface area contributed by atoms with Crippen molar-refractivity contribution in [1.29, 1.82) is 0 Å². The highest BCUT2D eigenvalue weighted by Gasteiger charge is 2.54. The molecule has 0 fully saturated rings. The molecule has 0 bridgehead atoms. The number of rotatable bonds is 12. The molecular weight excluding hydrogens is 700 g/mol. The number of nitrogens with one attached hydrogen (secondary N) is 2. The van der Waals surface area contributed by atoms with E-state index in [1.54, 1.807) is 24.3 Å². The molecule has 2 atom stereocenters. The molecule has 0 saturated carbocycles. The van der Waals surface area contributed by atoms with E-state index in [2.05, 4.69) is 42.7 Å². The average molecular weight is 729 g/mol. The van der Waals surface area contributed by atoms with Crippen LogP contribution >= 0.6 is 31.9 Å². The van der Waals surface area contributed by atoms with Crippen molar-refractivity contribution in [3.8, 4) is 5.75 Å². The van der Waals surface area contributed by atoms with Crippen molar-refractivity contribution in [2.24, 2.45) is 4.99 Å². The Morgan fingerprint density at radius 1 is 0.955 bits per heavy atom. The summed E-state index contributed by atoms with van der Waals surface area (Å²) in [6, 6.07) is 25.3. The molecule has 4 aromatic rings. The van der Waals surface area contributed by atoms with Crippen LogP contribution in [0.1, 0.15) is 34.8 Å². The summed E-state index contributed by atoms with van der Waals surface area (Å²) < 4.78 is 41.8. The van der Waals surface area contributed by atoms with Crippen molar-refractivity contribution in [3.05, 3.63) is 134 Å². The summed E-state index contributed by atoms with van der Waals surface area (Å²) in [7, 11) is 0. The molecule has 11 heteroatoms. The van der Waals surface area contributed by atoms with Crippen LogP contribution in [0, 0.1) is 11.6 Å². The molecule has 1 aliphatic rings. The van der Waals surface area contributed by atoms with Crippen molar-refractivity contribution in [3.63, 3.8) is 0 Å². The highest BCUT2D eigenvalue weighted by Crippen LogP contribution is 2.45. The number of aliphatic hydroxyl groups excluding tert-OH is 1. The second-order valence-corrected chi connectivity index (χ2v) is 11.8. The smallest absolute Gasteiger partial charge is 0.266 e. The molecule has 0 saturated heterocycles. The zero-order chi connectivity index (χ0) is 31.1. The molecule has 0 spiro atoms. The van der Waals surface area contributed by atoms with Crippen LogP contribution in [0.25, 0.3) is 0 Å².